The monoisotopic (exact) mass is 126 g/mol. The van der Waals surface area contributed by atoms with Crippen molar-refractivity contribution in [1.29, 1.82) is 0 Å². The quantitative estimate of drug-likeness (QED) is 0.539. The molecule has 2 radical (unpaired) electrons. The van der Waals surface area contributed by atoms with Crippen LogP contribution in [0.4, 0.5) is 0 Å². The van der Waals surface area contributed by atoms with Gasteiger partial charge in [0.25, 0.3) is 0 Å². The maximum absolute atomic E-state index is 5.10. The lowest BCUT2D eigenvalue weighted by molar-refractivity contribution is 0.393. The molecule has 52 valence electrons. The Bertz CT molecular complexity index is 64.6. The number of hydrogen-bond donors (Lipinski definition) is 2. The first kappa shape index (κ1) is 7.03. The van der Waals surface area contributed by atoms with Crippen LogP contribution >= 0.6 is 0 Å². The van der Waals surface area contributed by atoms with Crippen molar-refractivity contribution in [3.05, 3.63) is 6.67 Å². The largest absolute Gasteiger partial charge is 0.308 e. The van der Waals surface area contributed by atoms with Crippen LogP contribution in [0.15, 0.2) is 0 Å². The summed E-state index contributed by atoms with van der Waals surface area (Å²) >= 11 is 0. The van der Waals surface area contributed by atoms with Gasteiger partial charge in [-0.3, -0.25) is 5.32 Å². The summed E-state index contributed by atoms with van der Waals surface area (Å²) in [6.07, 6.45) is 6.62. The molecule has 1 fully saturated rings. The Morgan fingerprint density at radius 3 is 2.44 bits per heavy atom. The van der Waals surface area contributed by atoms with Gasteiger partial charge in [0, 0.05) is 6.04 Å². The van der Waals surface area contributed by atoms with Crippen LogP contribution in [0.5, 0.6) is 0 Å². The average Bonchev–Trinajstić information content (AvgIpc) is 1.91. The van der Waals surface area contributed by atoms with Gasteiger partial charge in [-0.1, -0.05) is 19.3 Å². The highest BCUT2D eigenvalue weighted by Gasteiger charge is 2.10. The first-order valence-electron chi connectivity index (χ1n) is 3.64. The molecular formula is C7H14N2. The minimum Gasteiger partial charge on any atom is -0.308 e. The van der Waals surface area contributed by atoms with E-state index >= 15 is 0 Å². The minimum absolute atomic E-state index is 0.615. The number of nitrogens with one attached hydrogen (secondary N) is 1. The van der Waals surface area contributed by atoms with E-state index in [9.17, 15) is 0 Å². The molecule has 0 atom stereocenters. The highest BCUT2D eigenvalue weighted by molar-refractivity contribution is 4.73. The molecule has 1 aliphatic rings. The molecule has 1 rings (SSSR count). The SMILES string of the molecule is N[C]NC1CCCCC1. The molecule has 3 N–H and O–H groups in total. The Balaban J connectivity index is 2.08. The van der Waals surface area contributed by atoms with Crippen LogP contribution < -0.4 is 11.1 Å². The molecule has 0 saturated heterocycles. The molecule has 2 nitrogen and oxygen atoms in total. The van der Waals surface area contributed by atoms with E-state index < -0.39 is 0 Å². The predicted molar refractivity (Wildman–Crippen MR) is 37.4 cm³/mol. The molecule has 1 saturated carbocycles. The van der Waals surface area contributed by atoms with E-state index in [2.05, 4.69) is 12.0 Å². The van der Waals surface area contributed by atoms with E-state index in [0.29, 0.717) is 6.04 Å². The second kappa shape index (κ2) is 3.85. The Morgan fingerprint density at radius 2 is 1.89 bits per heavy atom. The molecule has 2 heteroatoms. The van der Waals surface area contributed by atoms with Gasteiger partial charge in [-0.15, -0.1) is 0 Å². The molecule has 0 aromatic rings. The zero-order chi connectivity index (χ0) is 6.53. The number of nitrogens with two attached hydrogens (primary N) is 1. The summed E-state index contributed by atoms with van der Waals surface area (Å²) in [7, 11) is 0. The molecule has 0 aromatic carbocycles. The average molecular weight is 126 g/mol. The van der Waals surface area contributed by atoms with Crippen LogP contribution in [0.2, 0.25) is 0 Å². The van der Waals surface area contributed by atoms with E-state index in [-0.39, 0.29) is 0 Å². The second-order valence-electron chi connectivity index (χ2n) is 2.62. The van der Waals surface area contributed by atoms with Gasteiger partial charge < -0.3 is 5.73 Å². The lowest BCUT2D eigenvalue weighted by atomic mass is 9.96. The molecule has 0 amide bonds. The molecule has 0 aliphatic heterocycles. The van der Waals surface area contributed by atoms with Crippen molar-refractivity contribution in [3.63, 3.8) is 0 Å². The van der Waals surface area contributed by atoms with Crippen molar-refractivity contribution >= 4 is 0 Å². The summed E-state index contributed by atoms with van der Waals surface area (Å²) in [5.41, 5.74) is 5.10. The van der Waals surface area contributed by atoms with Crippen LogP contribution in [0.1, 0.15) is 32.1 Å². The van der Waals surface area contributed by atoms with Gasteiger partial charge in [0.2, 0.25) is 0 Å². The molecule has 0 bridgehead atoms. The number of hydrogen-bond acceptors (Lipinski definition) is 2. The smallest absolute Gasteiger partial charge is 0.137 e. The Morgan fingerprint density at radius 1 is 1.22 bits per heavy atom. The van der Waals surface area contributed by atoms with Gasteiger partial charge in [0.1, 0.15) is 6.67 Å². The lowest BCUT2D eigenvalue weighted by Crippen LogP contribution is -2.31. The minimum atomic E-state index is 0.615. The third-order valence-corrected chi connectivity index (χ3v) is 1.89. The van der Waals surface area contributed by atoms with Crippen LogP contribution in [-0.4, -0.2) is 6.04 Å². The fraction of sp³-hybridized carbons (Fsp3) is 0.857. The summed E-state index contributed by atoms with van der Waals surface area (Å²) < 4.78 is 0. The van der Waals surface area contributed by atoms with Gasteiger partial charge in [0.15, 0.2) is 0 Å². The molecule has 0 aromatic heterocycles. The summed E-state index contributed by atoms with van der Waals surface area (Å²) in [6.45, 7) is 2.49. The van der Waals surface area contributed by atoms with Gasteiger partial charge in [-0.05, 0) is 12.8 Å². The van der Waals surface area contributed by atoms with E-state index in [0.717, 1.165) is 0 Å². The third-order valence-electron chi connectivity index (χ3n) is 1.89. The van der Waals surface area contributed by atoms with Crippen molar-refractivity contribution in [2.24, 2.45) is 5.73 Å². The maximum atomic E-state index is 5.10. The van der Waals surface area contributed by atoms with Crippen molar-refractivity contribution in [1.82, 2.24) is 5.32 Å². The topological polar surface area (TPSA) is 38.0 Å². The molecule has 9 heavy (non-hydrogen) atoms. The van der Waals surface area contributed by atoms with Gasteiger partial charge in [-0.25, -0.2) is 0 Å². The fourth-order valence-electron chi connectivity index (χ4n) is 1.36. The Labute approximate surface area is 56.8 Å². The van der Waals surface area contributed by atoms with Crippen LogP contribution in [0.25, 0.3) is 0 Å². The second-order valence-corrected chi connectivity index (χ2v) is 2.62. The van der Waals surface area contributed by atoms with E-state index in [1.807, 2.05) is 0 Å². The van der Waals surface area contributed by atoms with Gasteiger partial charge in [-0.2, -0.15) is 0 Å². The summed E-state index contributed by atoms with van der Waals surface area (Å²) in [6, 6.07) is 0.615. The maximum Gasteiger partial charge on any atom is 0.137 e. The fourth-order valence-corrected chi connectivity index (χ4v) is 1.36. The Kier molecular flexibility index (Phi) is 3.01. The van der Waals surface area contributed by atoms with Crippen molar-refractivity contribution in [2.75, 3.05) is 0 Å². The van der Waals surface area contributed by atoms with Crippen LogP contribution in [0.3, 0.4) is 0 Å². The molecule has 0 unspecified atom stereocenters. The molecule has 0 heterocycles. The van der Waals surface area contributed by atoms with Crippen molar-refractivity contribution in [3.8, 4) is 0 Å². The first-order valence-corrected chi connectivity index (χ1v) is 3.64. The van der Waals surface area contributed by atoms with Crippen molar-refractivity contribution < 1.29 is 0 Å². The Hall–Kier alpha value is -0.0800. The lowest BCUT2D eigenvalue weighted by Gasteiger charge is -2.20. The predicted octanol–water partition coefficient (Wildman–Crippen LogP) is 0.864. The van der Waals surface area contributed by atoms with E-state index in [4.69, 9.17) is 5.73 Å². The zero-order valence-electron chi connectivity index (χ0n) is 5.69. The molecule has 1 aliphatic carbocycles. The van der Waals surface area contributed by atoms with E-state index in [1.54, 1.807) is 0 Å². The van der Waals surface area contributed by atoms with Crippen molar-refractivity contribution in [2.45, 2.75) is 38.1 Å². The summed E-state index contributed by atoms with van der Waals surface area (Å²) in [5, 5.41) is 3.01. The highest BCUT2D eigenvalue weighted by Crippen LogP contribution is 2.16. The third kappa shape index (κ3) is 2.33. The van der Waals surface area contributed by atoms with Crippen LogP contribution in [-0.2, 0) is 0 Å². The highest BCUT2D eigenvalue weighted by atomic mass is 15.0. The normalized spacial score (nSPS) is 22.3. The summed E-state index contributed by atoms with van der Waals surface area (Å²) in [5.74, 6) is 0. The van der Waals surface area contributed by atoms with E-state index in [1.165, 1.54) is 32.1 Å². The van der Waals surface area contributed by atoms with Gasteiger partial charge in [0.05, 0.1) is 0 Å². The standard InChI is InChI=1S/C7H14N2/c8-6-9-7-4-2-1-3-5-7/h7,9H,1-5,8H2. The molecular weight excluding hydrogens is 112 g/mol. The zero-order valence-corrected chi connectivity index (χ0v) is 5.69. The molecule has 0 spiro atoms. The van der Waals surface area contributed by atoms with Crippen LogP contribution in [0, 0.1) is 6.67 Å². The van der Waals surface area contributed by atoms with Gasteiger partial charge >= 0.3 is 0 Å². The summed E-state index contributed by atoms with van der Waals surface area (Å²) in [4.78, 5) is 0. The number of rotatable bonds is 2. The first-order chi connectivity index (χ1) is 4.43.